The number of hydrogen-bond acceptors (Lipinski definition) is 3. The highest BCUT2D eigenvalue weighted by atomic mass is 32.1. The third kappa shape index (κ3) is 1.70. The quantitative estimate of drug-likeness (QED) is 0.723. The fourth-order valence-corrected chi connectivity index (χ4v) is 3.16. The molecule has 3 heteroatoms. The van der Waals surface area contributed by atoms with Crippen molar-refractivity contribution in [3.8, 4) is 6.07 Å². The van der Waals surface area contributed by atoms with E-state index in [9.17, 15) is 5.26 Å². The van der Waals surface area contributed by atoms with E-state index in [1.807, 2.05) is 20.8 Å². The van der Waals surface area contributed by atoms with Crippen LogP contribution < -0.4 is 0 Å². The Labute approximate surface area is 94.3 Å². The second-order valence-electron chi connectivity index (χ2n) is 4.51. The molecule has 0 saturated carbocycles. The highest BCUT2D eigenvalue weighted by molar-refractivity contribution is 7.11. The predicted molar refractivity (Wildman–Crippen MR) is 62.6 cm³/mol. The van der Waals surface area contributed by atoms with Gasteiger partial charge in [0.2, 0.25) is 0 Å². The fraction of sp³-hybridized carbons (Fsp3) is 0.500. The molecule has 15 heavy (non-hydrogen) atoms. The smallest absolute Gasteiger partial charge is 0.0904 e. The van der Waals surface area contributed by atoms with Crippen molar-refractivity contribution in [2.45, 2.75) is 33.1 Å². The van der Waals surface area contributed by atoms with Gasteiger partial charge in [-0.25, -0.2) is 4.98 Å². The second kappa shape index (κ2) is 3.46. The molecule has 1 aromatic rings. The molecule has 0 unspecified atom stereocenters. The van der Waals surface area contributed by atoms with Gasteiger partial charge >= 0.3 is 0 Å². The van der Waals surface area contributed by atoms with Crippen LogP contribution in [0.3, 0.4) is 0 Å². The van der Waals surface area contributed by atoms with Crippen molar-refractivity contribution in [2.75, 3.05) is 0 Å². The van der Waals surface area contributed by atoms with E-state index in [0.29, 0.717) is 5.92 Å². The third-order valence-electron chi connectivity index (χ3n) is 2.91. The Morgan fingerprint density at radius 3 is 3.00 bits per heavy atom. The zero-order chi connectivity index (χ0) is 11.1. The van der Waals surface area contributed by atoms with Gasteiger partial charge in [0.15, 0.2) is 0 Å². The summed E-state index contributed by atoms with van der Waals surface area (Å²) in [4.78, 5) is 5.75. The summed E-state index contributed by atoms with van der Waals surface area (Å²) >= 11 is 1.73. The lowest BCUT2D eigenvalue weighted by Crippen LogP contribution is -2.21. The van der Waals surface area contributed by atoms with Gasteiger partial charge in [-0.3, -0.25) is 0 Å². The summed E-state index contributed by atoms with van der Waals surface area (Å²) in [5, 5.41) is 10.3. The van der Waals surface area contributed by atoms with Gasteiger partial charge < -0.3 is 0 Å². The van der Waals surface area contributed by atoms with Crippen molar-refractivity contribution in [3.63, 3.8) is 0 Å². The standard InChI is InChI=1S/C12H14N2S/c1-8-14-10-6-4-5-9(11(10)15-8)12(2,3)7-13/h4,6,9H,5H2,1-3H3/t9-/m1/s1. The summed E-state index contributed by atoms with van der Waals surface area (Å²) in [6, 6.07) is 2.41. The molecule has 1 atom stereocenters. The van der Waals surface area contributed by atoms with Gasteiger partial charge in [0.1, 0.15) is 0 Å². The summed E-state index contributed by atoms with van der Waals surface area (Å²) in [6.07, 6.45) is 5.16. The maximum absolute atomic E-state index is 9.19. The van der Waals surface area contributed by atoms with E-state index in [0.717, 1.165) is 17.1 Å². The molecule has 2 rings (SSSR count). The van der Waals surface area contributed by atoms with E-state index in [4.69, 9.17) is 0 Å². The molecule has 0 aromatic carbocycles. The van der Waals surface area contributed by atoms with Crippen LogP contribution in [0.25, 0.3) is 6.08 Å². The molecule has 78 valence electrons. The third-order valence-corrected chi connectivity index (χ3v) is 4.01. The molecule has 1 aromatic heterocycles. The molecule has 0 fully saturated rings. The monoisotopic (exact) mass is 218 g/mol. The molecule has 1 aliphatic carbocycles. The zero-order valence-electron chi connectivity index (χ0n) is 9.24. The average Bonchev–Trinajstić information content (AvgIpc) is 2.57. The van der Waals surface area contributed by atoms with Gasteiger partial charge in [-0.05, 0) is 33.3 Å². The first-order chi connectivity index (χ1) is 7.04. The molecule has 0 saturated heterocycles. The topological polar surface area (TPSA) is 36.7 Å². The molecule has 0 aliphatic heterocycles. The van der Waals surface area contributed by atoms with Crippen LogP contribution in [0.1, 0.15) is 41.8 Å². The number of aromatic nitrogens is 1. The van der Waals surface area contributed by atoms with Crippen LogP contribution in [0.5, 0.6) is 0 Å². The van der Waals surface area contributed by atoms with Crippen molar-refractivity contribution in [2.24, 2.45) is 5.41 Å². The number of rotatable bonds is 1. The van der Waals surface area contributed by atoms with E-state index in [-0.39, 0.29) is 5.41 Å². The molecule has 1 heterocycles. The van der Waals surface area contributed by atoms with Crippen molar-refractivity contribution in [1.82, 2.24) is 4.98 Å². The maximum atomic E-state index is 9.19. The summed E-state index contributed by atoms with van der Waals surface area (Å²) < 4.78 is 0. The molecule has 2 nitrogen and oxygen atoms in total. The Bertz CT molecular complexity index is 449. The SMILES string of the molecule is Cc1nc2c(s1)[C@H](C(C)(C)C#N)CC=C2. The van der Waals surface area contributed by atoms with Crippen molar-refractivity contribution < 1.29 is 0 Å². The molecule has 0 N–H and O–H groups in total. The highest BCUT2D eigenvalue weighted by Gasteiger charge is 2.34. The zero-order valence-corrected chi connectivity index (χ0v) is 10.1. The largest absolute Gasteiger partial charge is 0.242 e. The first kappa shape index (κ1) is 10.4. The van der Waals surface area contributed by atoms with Crippen LogP contribution in [-0.2, 0) is 0 Å². The molecule has 1 aliphatic rings. The Hall–Kier alpha value is -1.14. The summed E-state index contributed by atoms with van der Waals surface area (Å²) in [5.41, 5.74) is 0.760. The van der Waals surface area contributed by atoms with Crippen LogP contribution in [0.2, 0.25) is 0 Å². The minimum absolute atomic E-state index is 0.300. The van der Waals surface area contributed by atoms with Gasteiger partial charge in [-0.2, -0.15) is 5.26 Å². The number of aryl methyl sites for hydroxylation is 1. The number of thiazole rings is 1. The number of fused-ring (bicyclic) bond motifs is 1. The van der Waals surface area contributed by atoms with Gasteiger partial charge in [-0.1, -0.05) is 6.08 Å². The van der Waals surface area contributed by atoms with E-state index < -0.39 is 0 Å². The van der Waals surface area contributed by atoms with Gasteiger partial charge in [0, 0.05) is 10.8 Å². The predicted octanol–water partition coefficient (Wildman–Crippen LogP) is 3.50. The first-order valence-corrected chi connectivity index (χ1v) is 5.91. The highest BCUT2D eigenvalue weighted by Crippen LogP contribution is 2.44. The number of allylic oxidation sites excluding steroid dienone is 1. The van der Waals surface area contributed by atoms with E-state index in [1.54, 1.807) is 11.3 Å². The Morgan fingerprint density at radius 2 is 2.33 bits per heavy atom. The first-order valence-electron chi connectivity index (χ1n) is 5.09. The van der Waals surface area contributed by atoms with Crippen LogP contribution in [0.4, 0.5) is 0 Å². The van der Waals surface area contributed by atoms with Crippen molar-refractivity contribution in [1.29, 1.82) is 5.26 Å². The minimum Gasteiger partial charge on any atom is -0.242 e. The maximum Gasteiger partial charge on any atom is 0.0904 e. The molecular weight excluding hydrogens is 204 g/mol. The van der Waals surface area contributed by atoms with Crippen LogP contribution >= 0.6 is 11.3 Å². The molecule has 0 bridgehead atoms. The van der Waals surface area contributed by atoms with Gasteiger partial charge in [-0.15, -0.1) is 11.3 Å². The van der Waals surface area contributed by atoms with Gasteiger partial charge in [0.05, 0.1) is 22.2 Å². The molecular formula is C12H14N2S. The number of nitriles is 1. The van der Waals surface area contributed by atoms with E-state index >= 15 is 0 Å². The normalized spacial score (nSPS) is 19.7. The summed E-state index contributed by atoms with van der Waals surface area (Å²) in [6.45, 7) is 6.04. The van der Waals surface area contributed by atoms with Crippen molar-refractivity contribution in [3.05, 3.63) is 21.7 Å². The molecule has 0 amide bonds. The number of nitrogens with zero attached hydrogens (tertiary/aromatic N) is 2. The molecule has 0 spiro atoms. The van der Waals surface area contributed by atoms with Crippen LogP contribution in [0.15, 0.2) is 6.08 Å². The van der Waals surface area contributed by atoms with Crippen molar-refractivity contribution >= 4 is 17.4 Å². The van der Waals surface area contributed by atoms with Gasteiger partial charge in [0.25, 0.3) is 0 Å². The minimum atomic E-state index is -0.307. The van der Waals surface area contributed by atoms with E-state index in [2.05, 4.69) is 23.2 Å². The lowest BCUT2D eigenvalue weighted by molar-refractivity contribution is 0.389. The molecule has 0 radical (unpaired) electrons. The Balaban J connectivity index is 2.47. The summed E-state index contributed by atoms with van der Waals surface area (Å²) in [7, 11) is 0. The van der Waals surface area contributed by atoms with Crippen LogP contribution in [-0.4, -0.2) is 4.98 Å². The lowest BCUT2D eigenvalue weighted by Gasteiger charge is -2.28. The Morgan fingerprint density at radius 1 is 1.60 bits per heavy atom. The second-order valence-corrected chi connectivity index (χ2v) is 5.74. The van der Waals surface area contributed by atoms with E-state index in [1.165, 1.54) is 4.88 Å². The fourth-order valence-electron chi connectivity index (χ4n) is 1.95. The summed E-state index contributed by atoms with van der Waals surface area (Å²) in [5.74, 6) is 0.300. The number of hydrogen-bond donors (Lipinski definition) is 0. The van der Waals surface area contributed by atoms with Crippen LogP contribution in [0, 0.1) is 23.7 Å². The Kier molecular flexibility index (Phi) is 2.40. The average molecular weight is 218 g/mol. The lowest BCUT2D eigenvalue weighted by atomic mass is 9.75.